The van der Waals surface area contributed by atoms with E-state index in [1.54, 1.807) is 6.07 Å². The first-order valence-corrected chi connectivity index (χ1v) is 9.63. The monoisotopic (exact) mass is 381 g/mol. The number of fused-ring (bicyclic) bond motifs is 1. The van der Waals surface area contributed by atoms with Crippen LogP contribution in [0.25, 0.3) is 6.08 Å². The Kier molecular flexibility index (Phi) is 5.36. The Morgan fingerprint density at radius 1 is 1.29 bits per heavy atom. The molecule has 1 aliphatic heterocycles. The van der Waals surface area contributed by atoms with Crippen LogP contribution in [0, 0.1) is 6.92 Å². The number of allylic oxidation sites excluding steroid dienone is 1. The summed E-state index contributed by atoms with van der Waals surface area (Å²) < 4.78 is 1.52. The van der Waals surface area contributed by atoms with Crippen LogP contribution in [0.2, 0.25) is 0 Å². The van der Waals surface area contributed by atoms with Gasteiger partial charge < -0.3 is 10.6 Å². The van der Waals surface area contributed by atoms with E-state index in [1.165, 1.54) is 10.9 Å². The number of unbranched alkanes of at least 4 members (excludes halogenated alkanes) is 1. The lowest BCUT2D eigenvalue weighted by Gasteiger charge is -2.22. The van der Waals surface area contributed by atoms with E-state index in [9.17, 15) is 9.59 Å². The number of amides is 1. The molecule has 0 bridgehead atoms. The number of rotatable bonds is 6. The fourth-order valence-corrected chi connectivity index (χ4v) is 3.59. The Labute approximate surface area is 164 Å². The fraction of sp³-hybridized carbons (Fsp3) is 0.429. The highest BCUT2D eigenvalue weighted by atomic mass is 16.2. The molecule has 0 aliphatic carbocycles. The summed E-state index contributed by atoms with van der Waals surface area (Å²) in [6.07, 6.45) is 8.37. The molecule has 0 fully saturated rings. The van der Waals surface area contributed by atoms with Gasteiger partial charge in [0.1, 0.15) is 29.2 Å². The van der Waals surface area contributed by atoms with Gasteiger partial charge in [0, 0.05) is 5.56 Å². The first-order chi connectivity index (χ1) is 13.3. The van der Waals surface area contributed by atoms with Crippen molar-refractivity contribution in [2.24, 2.45) is 0 Å². The van der Waals surface area contributed by atoms with Crippen molar-refractivity contribution in [2.45, 2.75) is 59.5 Å². The van der Waals surface area contributed by atoms with Gasteiger partial charge in [0.15, 0.2) is 0 Å². The van der Waals surface area contributed by atoms with Gasteiger partial charge in [-0.15, -0.1) is 0 Å². The molecule has 0 radical (unpaired) electrons. The van der Waals surface area contributed by atoms with Gasteiger partial charge in [-0.25, -0.2) is 9.97 Å². The Hall–Kier alpha value is -2.96. The van der Waals surface area contributed by atoms with E-state index in [4.69, 9.17) is 0 Å². The van der Waals surface area contributed by atoms with Gasteiger partial charge in [-0.2, -0.15) is 0 Å². The first kappa shape index (κ1) is 19.8. The van der Waals surface area contributed by atoms with E-state index in [2.05, 4.69) is 27.5 Å². The number of nitrogens with zero attached hydrogens (tertiary/aromatic N) is 3. The Balaban J connectivity index is 2.10. The lowest BCUT2D eigenvalue weighted by atomic mass is 10.1. The van der Waals surface area contributed by atoms with Gasteiger partial charge in [0.05, 0.1) is 5.69 Å². The fourth-order valence-electron chi connectivity index (χ4n) is 3.59. The van der Waals surface area contributed by atoms with Crippen LogP contribution in [0.15, 0.2) is 23.3 Å². The van der Waals surface area contributed by atoms with Crippen LogP contribution in [-0.4, -0.2) is 20.4 Å². The molecule has 0 aromatic carbocycles. The van der Waals surface area contributed by atoms with Crippen LogP contribution < -0.4 is 16.2 Å². The van der Waals surface area contributed by atoms with E-state index in [0.29, 0.717) is 17.2 Å². The minimum Gasteiger partial charge on any atom is -0.335 e. The molecule has 7 heteroatoms. The molecule has 0 unspecified atom stereocenters. The minimum absolute atomic E-state index is 0.232. The van der Waals surface area contributed by atoms with Crippen LogP contribution >= 0.6 is 0 Å². The predicted octanol–water partition coefficient (Wildman–Crippen LogP) is 3.50. The Morgan fingerprint density at radius 2 is 2.04 bits per heavy atom. The molecular formula is C21H27N5O2. The van der Waals surface area contributed by atoms with Gasteiger partial charge >= 0.3 is 0 Å². The number of aromatic nitrogens is 3. The first-order valence-electron chi connectivity index (χ1n) is 9.63. The van der Waals surface area contributed by atoms with E-state index in [0.717, 1.165) is 36.1 Å². The van der Waals surface area contributed by atoms with Crippen LogP contribution in [0.3, 0.4) is 0 Å². The smallest absolute Gasteiger partial charge is 0.276 e. The number of carbonyl (C=O) groups is 1. The van der Waals surface area contributed by atoms with Crippen LogP contribution in [0.5, 0.6) is 0 Å². The summed E-state index contributed by atoms with van der Waals surface area (Å²) in [5.74, 6) is 0.357. The number of hydrogen-bond acceptors (Lipinski definition) is 5. The van der Waals surface area contributed by atoms with E-state index in [-0.39, 0.29) is 11.5 Å². The molecule has 148 valence electrons. The SMILES string of the molecule is C/C=C\c1c(CCCC)ncnc1Nc1cc(C)c2n(c1=O)C(C)(C)NC2=O. The lowest BCUT2D eigenvalue weighted by Crippen LogP contribution is -2.42. The number of anilines is 2. The molecule has 1 aliphatic rings. The minimum atomic E-state index is -0.782. The number of nitrogens with one attached hydrogen (secondary N) is 2. The zero-order chi connectivity index (χ0) is 20.5. The van der Waals surface area contributed by atoms with E-state index >= 15 is 0 Å². The molecule has 2 aromatic heterocycles. The van der Waals surface area contributed by atoms with Crippen LogP contribution in [0.4, 0.5) is 11.5 Å². The van der Waals surface area contributed by atoms with Gasteiger partial charge in [0.2, 0.25) is 0 Å². The van der Waals surface area contributed by atoms with Gasteiger partial charge in [-0.05, 0) is 52.2 Å². The predicted molar refractivity (Wildman–Crippen MR) is 111 cm³/mol. The van der Waals surface area contributed by atoms with Crippen molar-refractivity contribution in [3.63, 3.8) is 0 Å². The highest BCUT2D eigenvalue weighted by molar-refractivity contribution is 5.96. The topological polar surface area (TPSA) is 88.9 Å². The highest BCUT2D eigenvalue weighted by Gasteiger charge is 2.37. The normalized spacial score (nSPS) is 15.0. The molecule has 0 saturated carbocycles. The van der Waals surface area contributed by atoms with Crippen molar-refractivity contribution in [1.29, 1.82) is 0 Å². The summed E-state index contributed by atoms with van der Waals surface area (Å²) in [7, 11) is 0. The van der Waals surface area contributed by atoms with Gasteiger partial charge in [0.25, 0.3) is 11.5 Å². The average Bonchev–Trinajstić information content (AvgIpc) is 2.88. The van der Waals surface area contributed by atoms with Crippen LogP contribution in [0.1, 0.15) is 67.8 Å². The molecule has 0 saturated heterocycles. The second-order valence-corrected chi connectivity index (χ2v) is 7.55. The standard InChI is InChI=1S/C21H27N5O2/c1-6-8-10-15-14(9-7-2)18(23-12-22-15)24-16-11-13(3)17-19(27)25-21(4,5)26(17)20(16)28/h7,9,11-12H,6,8,10H2,1-5H3,(H,25,27)(H,22,23,24)/b9-7-. The summed E-state index contributed by atoms with van der Waals surface area (Å²) in [6.45, 7) is 9.53. The molecule has 7 nitrogen and oxygen atoms in total. The van der Waals surface area contributed by atoms with E-state index < -0.39 is 5.66 Å². The zero-order valence-electron chi connectivity index (χ0n) is 17.1. The summed E-state index contributed by atoms with van der Waals surface area (Å²) in [5.41, 5.74) is 2.32. The Morgan fingerprint density at radius 3 is 2.71 bits per heavy atom. The molecule has 2 N–H and O–H groups in total. The van der Waals surface area contributed by atoms with Crippen molar-refractivity contribution >= 4 is 23.5 Å². The molecule has 0 atom stereocenters. The van der Waals surface area contributed by atoms with Crippen molar-refractivity contribution in [1.82, 2.24) is 19.9 Å². The number of pyridine rings is 1. The molecule has 1 amide bonds. The van der Waals surface area contributed by atoms with Gasteiger partial charge in [-0.1, -0.05) is 25.5 Å². The molecular weight excluding hydrogens is 354 g/mol. The van der Waals surface area contributed by atoms with E-state index in [1.807, 2.05) is 39.8 Å². The maximum Gasteiger partial charge on any atom is 0.276 e. The molecule has 28 heavy (non-hydrogen) atoms. The summed E-state index contributed by atoms with van der Waals surface area (Å²) in [6, 6.07) is 1.71. The summed E-state index contributed by atoms with van der Waals surface area (Å²) in [4.78, 5) is 34.2. The number of hydrogen-bond donors (Lipinski definition) is 2. The van der Waals surface area contributed by atoms with Gasteiger partial charge in [-0.3, -0.25) is 14.2 Å². The zero-order valence-corrected chi connectivity index (χ0v) is 17.1. The molecule has 0 spiro atoms. The molecule has 2 aromatic rings. The van der Waals surface area contributed by atoms with Crippen molar-refractivity contribution in [3.8, 4) is 0 Å². The maximum atomic E-state index is 13.2. The highest BCUT2D eigenvalue weighted by Crippen LogP contribution is 2.27. The van der Waals surface area contributed by atoms with Crippen molar-refractivity contribution in [3.05, 3.63) is 51.3 Å². The lowest BCUT2D eigenvalue weighted by molar-refractivity contribution is 0.0934. The van der Waals surface area contributed by atoms with Crippen molar-refractivity contribution in [2.75, 3.05) is 5.32 Å². The second kappa shape index (κ2) is 7.58. The summed E-state index contributed by atoms with van der Waals surface area (Å²) in [5, 5.41) is 6.05. The number of carbonyl (C=O) groups excluding carboxylic acids is 1. The van der Waals surface area contributed by atoms with Crippen LogP contribution in [-0.2, 0) is 12.1 Å². The third kappa shape index (κ3) is 3.44. The quantitative estimate of drug-likeness (QED) is 0.799. The Bertz CT molecular complexity index is 1000. The maximum absolute atomic E-state index is 13.2. The molecule has 3 heterocycles. The molecule has 3 rings (SSSR count). The third-order valence-electron chi connectivity index (χ3n) is 4.90. The summed E-state index contributed by atoms with van der Waals surface area (Å²) >= 11 is 0. The third-order valence-corrected chi connectivity index (χ3v) is 4.90. The van der Waals surface area contributed by atoms with Crippen molar-refractivity contribution < 1.29 is 4.79 Å². The second-order valence-electron chi connectivity index (χ2n) is 7.55. The number of aryl methyl sites for hydroxylation is 2. The largest absolute Gasteiger partial charge is 0.335 e. The average molecular weight is 381 g/mol.